The topological polar surface area (TPSA) is 91.0 Å². The Morgan fingerprint density at radius 3 is 2.48 bits per heavy atom. The van der Waals surface area contributed by atoms with Gasteiger partial charge in [-0.2, -0.15) is 4.31 Å². The van der Waals surface area contributed by atoms with Crippen molar-refractivity contribution in [3.63, 3.8) is 0 Å². The summed E-state index contributed by atoms with van der Waals surface area (Å²) in [5.41, 5.74) is 1.48. The molecule has 1 N–H and O–H groups in total. The number of halogens is 2. The van der Waals surface area contributed by atoms with E-state index in [1.807, 2.05) is 31.2 Å². The molecule has 1 fully saturated rings. The van der Waals surface area contributed by atoms with Crippen LogP contribution in [0.5, 0.6) is 0 Å². The lowest BCUT2D eigenvalue weighted by Crippen LogP contribution is -2.53. The number of aliphatic imine (C=N–C) groups is 1. The zero-order valence-corrected chi connectivity index (χ0v) is 20.0. The predicted octanol–water partition coefficient (Wildman–Crippen LogP) is 2.56. The summed E-state index contributed by atoms with van der Waals surface area (Å²) in [4.78, 5) is 6.77. The maximum atomic E-state index is 12.6. The van der Waals surface area contributed by atoms with E-state index in [0.29, 0.717) is 43.4 Å². The number of hydrogen-bond donors (Lipinski definition) is 1. The first-order chi connectivity index (χ1) is 13.5. The van der Waals surface area contributed by atoms with Crippen molar-refractivity contribution in [1.82, 2.24) is 19.7 Å². The molecule has 1 saturated heterocycles. The van der Waals surface area contributed by atoms with Gasteiger partial charge in [-0.1, -0.05) is 28.9 Å². The third-order valence-corrected chi connectivity index (χ3v) is 6.48. The third-order valence-electron chi connectivity index (χ3n) is 4.41. The summed E-state index contributed by atoms with van der Waals surface area (Å²) in [6.07, 6.45) is 1.38. The van der Waals surface area contributed by atoms with E-state index in [-0.39, 0.29) is 29.7 Å². The SMILES string of the molecule is CCNC(=NCc1ccc(Cl)cc1)N1CCN(S(=O)(=O)Cc2ccon2)CC1.I. The minimum Gasteiger partial charge on any atom is -0.364 e. The summed E-state index contributed by atoms with van der Waals surface area (Å²) in [7, 11) is -3.42. The maximum Gasteiger partial charge on any atom is 0.220 e. The fraction of sp³-hybridized carbons (Fsp3) is 0.444. The zero-order chi connectivity index (χ0) is 20.0. The van der Waals surface area contributed by atoms with Crippen molar-refractivity contribution in [2.24, 2.45) is 4.99 Å². The number of guanidine groups is 1. The van der Waals surface area contributed by atoms with E-state index in [1.54, 1.807) is 6.07 Å². The fourth-order valence-corrected chi connectivity index (χ4v) is 4.50. The van der Waals surface area contributed by atoms with Crippen LogP contribution in [0.4, 0.5) is 0 Å². The number of sulfonamides is 1. The van der Waals surface area contributed by atoms with Crippen molar-refractivity contribution in [2.45, 2.75) is 19.2 Å². The molecule has 8 nitrogen and oxygen atoms in total. The van der Waals surface area contributed by atoms with Gasteiger partial charge in [0.2, 0.25) is 10.0 Å². The van der Waals surface area contributed by atoms with E-state index in [4.69, 9.17) is 16.1 Å². The molecule has 29 heavy (non-hydrogen) atoms. The minimum absolute atomic E-state index is 0. The molecule has 0 saturated carbocycles. The normalized spacial score (nSPS) is 15.8. The summed E-state index contributed by atoms with van der Waals surface area (Å²) in [6.45, 7) is 5.25. The number of nitrogens with zero attached hydrogens (tertiary/aromatic N) is 4. The van der Waals surface area contributed by atoms with Gasteiger partial charge in [-0.15, -0.1) is 24.0 Å². The zero-order valence-electron chi connectivity index (χ0n) is 16.1. The Kier molecular flexibility index (Phi) is 9.18. The lowest BCUT2D eigenvalue weighted by atomic mass is 10.2. The second-order valence-electron chi connectivity index (χ2n) is 6.43. The second-order valence-corrected chi connectivity index (χ2v) is 8.84. The summed E-state index contributed by atoms with van der Waals surface area (Å²) in [5.74, 6) is 0.639. The number of benzene rings is 1. The summed E-state index contributed by atoms with van der Waals surface area (Å²) in [6, 6.07) is 9.16. The Morgan fingerprint density at radius 2 is 1.90 bits per heavy atom. The Balaban J connectivity index is 0.00000300. The maximum absolute atomic E-state index is 12.6. The molecule has 0 radical (unpaired) electrons. The molecule has 0 spiro atoms. The Morgan fingerprint density at radius 1 is 1.21 bits per heavy atom. The largest absolute Gasteiger partial charge is 0.364 e. The number of nitrogens with one attached hydrogen (secondary N) is 1. The van der Waals surface area contributed by atoms with Crippen LogP contribution in [0.25, 0.3) is 0 Å². The highest BCUT2D eigenvalue weighted by Gasteiger charge is 2.28. The van der Waals surface area contributed by atoms with Crippen LogP contribution in [0.15, 0.2) is 46.1 Å². The molecule has 0 amide bonds. The Hall–Kier alpha value is -1.37. The van der Waals surface area contributed by atoms with E-state index in [2.05, 4.69) is 20.4 Å². The molecule has 1 aliphatic rings. The summed E-state index contributed by atoms with van der Waals surface area (Å²) < 4.78 is 31.3. The van der Waals surface area contributed by atoms with E-state index in [1.165, 1.54) is 10.6 Å². The van der Waals surface area contributed by atoms with Gasteiger partial charge in [-0.05, 0) is 24.6 Å². The molecular weight excluding hydrogens is 529 g/mol. The van der Waals surface area contributed by atoms with Crippen molar-refractivity contribution in [2.75, 3.05) is 32.7 Å². The quantitative estimate of drug-likeness (QED) is 0.336. The fourth-order valence-electron chi connectivity index (χ4n) is 2.95. The van der Waals surface area contributed by atoms with Crippen molar-refractivity contribution in [1.29, 1.82) is 0 Å². The number of piperazine rings is 1. The molecule has 1 aromatic heterocycles. The number of rotatable bonds is 6. The third kappa shape index (κ3) is 6.83. The average Bonchev–Trinajstić information content (AvgIpc) is 3.19. The highest BCUT2D eigenvalue weighted by molar-refractivity contribution is 14.0. The van der Waals surface area contributed by atoms with Gasteiger partial charge in [-0.25, -0.2) is 13.4 Å². The monoisotopic (exact) mass is 553 g/mol. The number of hydrogen-bond acceptors (Lipinski definition) is 5. The van der Waals surface area contributed by atoms with Crippen LogP contribution in [-0.4, -0.2) is 61.5 Å². The van der Waals surface area contributed by atoms with E-state index >= 15 is 0 Å². The van der Waals surface area contributed by atoms with Crippen LogP contribution in [-0.2, 0) is 22.3 Å². The van der Waals surface area contributed by atoms with Crippen LogP contribution in [0.1, 0.15) is 18.2 Å². The highest BCUT2D eigenvalue weighted by atomic mass is 127. The number of aromatic nitrogens is 1. The molecule has 1 aliphatic heterocycles. The van der Waals surface area contributed by atoms with E-state index in [9.17, 15) is 8.42 Å². The summed E-state index contributed by atoms with van der Waals surface area (Å²) in [5, 5.41) is 7.67. The van der Waals surface area contributed by atoms with Crippen LogP contribution in [0.2, 0.25) is 5.02 Å². The lowest BCUT2D eigenvalue weighted by Gasteiger charge is -2.35. The van der Waals surface area contributed by atoms with Crippen LogP contribution < -0.4 is 5.32 Å². The minimum atomic E-state index is -3.42. The summed E-state index contributed by atoms with van der Waals surface area (Å²) >= 11 is 5.92. The van der Waals surface area contributed by atoms with Crippen molar-refractivity contribution < 1.29 is 12.9 Å². The molecule has 160 valence electrons. The van der Waals surface area contributed by atoms with Gasteiger partial charge >= 0.3 is 0 Å². The van der Waals surface area contributed by atoms with E-state index < -0.39 is 10.0 Å². The standard InChI is InChI=1S/C18H24ClN5O3S.HI/c1-2-20-18(21-13-15-3-5-16(19)6-4-15)23-8-10-24(11-9-23)28(25,26)14-17-7-12-27-22-17;/h3-7,12H,2,8-11,13-14H2,1H3,(H,20,21);1H. The molecule has 1 aromatic carbocycles. The van der Waals surface area contributed by atoms with Crippen molar-refractivity contribution in [3.8, 4) is 0 Å². The second kappa shape index (κ2) is 11.1. The van der Waals surface area contributed by atoms with Gasteiger partial charge in [-0.3, -0.25) is 0 Å². The highest BCUT2D eigenvalue weighted by Crippen LogP contribution is 2.14. The molecular formula is C18H25ClIN5O3S. The smallest absolute Gasteiger partial charge is 0.220 e. The first-order valence-electron chi connectivity index (χ1n) is 9.12. The van der Waals surface area contributed by atoms with Gasteiger partial charge in [0.05, 0.1) is 12.2 Å². The molecule has 2 aromatic rings. The first-order valence-corrected chi connectivity index (χ1v) is 11.1. The molecule has 3 rings (SSSR count). The van der Waals surface area contributed by atoms with Gasteiger partial charge < -0.3 is 14.7 Å². The lowest BCUT2D eigenvalue weighted by molar-refractivity contribution is 0.259. The average molecular weight is 554 g/mol. The molecule has 11 heteroatoms. The molecule has 2 heterocycles. The molecule has 0 atom stereocenters. The van der Waals surface area contributed by atoms with Gasteiger partial charge in [0, 0.05) is 43.8 Å². The Labute approximate surface area is 193 Å². The van der Waals surface area contributed by atoms with Crippen LogP contribution in [0.3, 0.4) is 0 Å². The molecule has 0 aliphatic carbocycles. The van der Waals surface area contributed by atoms with Gasteiger partial charge in [0.15, 0.2) is 5.96 Å². The van der Waals surface area contributed by atoms with Gasteiger partial charge in [0.1, 0.15) is 12.0 Å². The Bertz CT molecular complexity index is 883. The van der Waals surface area contributed by atoms with E-state index in [0.717, 1.165) is 18.1 Å². The predicted molar refractivity (Wildman–Crippen MR) is 124 cm³/mol. The van der Waals surface area contributed by atoms with Crippen molar-refractivity contribution >= 4 is 51.6 Å². The van der Waals surface area contributed by atoms with Crippen LogP contribution >= 0.6 is 35.6 Å². The molecule has 0 unspecified atom stereocenters. The first kappa shape index (κ1) is 23.9. The molecule has 0 bridgehead atoms. The van der Waals surface area contributed by atoms with Crippen LogP contribution in [0, 0.1) is 0 Å². The van der Waals surface area contributed by atoms with Gasteiger partial charge in [0.25, 0.3) is 0 Å². The van der Waals surface area contributed by atoms with Crippen molar-refractivity contribution in [3.05, 3.63) is 52.9 Å².